The summed E-state index contributed by atoms with van der Waals surface area (Å²) in [7, 11) is 1.68. The molecule has 2 heterocycles. The summed E-state index contributed by atoms with van der Waals surface area (Å²) in [5.74, 6) is 0.868. The Hall–Kier alpha value is -3.26. The first-order valence-corrected chi connectivity index (χ1v) is 10.6. The second-order valence-electron chi connectivity index (χ2n) is 7.90. The highest BCUT2D eigenvalue weighted by atomic mass is 16.5. The zero-order chi connectivity index (χ0) is 22.0. The predicted octanol–water partition coefficient (Wildman–Crippen LogP) is 2.31. The first kappa shape index (κ1) is 21.0. The Bertz CT molecular complexity index is 1050. The quantitative estimate of drug-likeness (QED) is 0.656. The molecule has 0 bridgehead atoms. The SMILES string of the molecule is COc1ccc(N2CCN(c3ccc(-n4cnn([C@@H](C)[C@H](C)O)c4=O)cc3)CC2)cc1. The van der Waals surface area contributed by atoms with Gasteiger partial charge < -0.3 is 19.6 Å². The number of rotatable bonds is 6. The number of nitrogens with zero attached hydrogens (tertiary/aromatic N) is 5. The van der Waals surface area contributed by atoms with Crippen LogP contribution in [0.3, 0.4) is 0 Å². The maximum Gasteiger partial charge on any atom is 0.350 e. The number of aliphatic hydroxyl groups excluding tert-OH is 1. The van der Waals surface area contributed by atoms with E-state index in [0.29, 0.717) is 0 Å². The molecular weight excluding hydrogens is 394 g/mol. The fourth-order valence-corrected chi connectivity index (χ4v) is 3.82. The van der Waals surface area contributed by atoms with Crippen molar-refractivity contribution in [1.29, 1.82) is 0 Å². The highest BCUT2D eigenvalue weighted by molar-refractivity contribution is 5.54. The Labute approximate surface area is 181 Å². The molecule has 0 amide bonds. The van der Waals surface area contributed by atoms with Crippen LogP contribution in [-0.2, 0) is 0 Å². The van der Waals surface area contributed by atoms with Crippen LogP contribution in [-0.4, -0.2) is 58.8 Å². The number of piperazine rings is 1. The lowest BCUT2D eigenvalue weighted by Crippen LogP contribution is -2.46. The molecule has 0 saturated carbocycles. The van der Waals surface area contributed by atoms with Crippen LogP contribution in [0.1, 0.15) is 19.9 Å². The van der Waals surface area contributed by atoms with Gasteiger partial charge in [-0.1, -0.05) is 0 Å². The second kappa shape index (κ2) is 8.85. The third-order valence-electron chi connectivity index (χ3n) is 5.99. The largest absolute Gasteiger partial charge is 0.497 e. The van der Waals surface area contributed by atoms with Gasteiger partial charge in [-0.2, -0.15) is 5.10 Å². The van der Waals surface area contributed by atoms with E-state index in [2.05, 4.69) is 27.0 Å². The van der Waals surface area contributed by atoms with Gasteiger partial charge in [-0.3, -0.25) is 0 Å². The number of aliphatic hydroxyl groups is 1. The van der Waals surface area contributed by atoms with Gasteiger partial charge in [-0.05, 0) is 62.4 Å². The molecule has 1 aliphatic rings. The summed E-state index contributed by atoms with van der Waals surface area (Å²) in [5.41, 5.74) is 2.85. The first-order valence-electron chi connectivity index (χ1n) is 10.6. The van der Waals surface area contributed by atoms with Crippen molar-refractivity contribution < 1.29 is 9.84 Å². The van der Waals surface area contributed by atoms with Crippen LogP contribution in [0.5, 0.6) is 5.75 Å². The lowest BCUT2D eigenvalue weighted by molar-refractivity contribution is 0.130. The Morgan fingerprint density at radius 1 is 0.871 bits per heavy atom. The van der Waals surface area contributed by atoms with E-state index in [9.17, 15) is 9.90 Å². The van der Waals surface area contributed by atoms with E-state index >= 15 is 0 Å². The van der Waals surface area contributed by atoms with E-state index < -0.39 is 6.10 Å². The zero-order valence-corrected chi connectivity index (χ0v) is 18.2. The van der Waals surface area contributed by atoms with Gasteiger partial charge in [-0.25, -0.2) is 14.0 Å². The van der Waals surface area contributed by atoms with Crippen LogP contribution in [0.2, 0.25) is 0 Å². The summed E-state index contributed by atoms with van der Waals surface area (Å²) < 4.78 is 8.06. The predicted molar refractivity (Wildman–Crippen MR) is 122 cm³/mol. The molecule has 1 aliphatic heterocycles. The number of ether oxygens (including phenoxy) is 1. The first-order chi connectivity index (χ1) is 15.0. The van der Waals surface area contributed by atoms with Crippen molar-refractivity contribution in [2.45, 2.75) is 26.0 Å². The second-order valence-corrected chi connectivity index (χ2v) is 7.90. The van der Waals surface area contributed by atoms with Crippen LogP contribution in [0.25, 0.3) is 5.69 Å². The number of methoxy groups -OCH3 is 1. The van der Waals surface area contributed by atoms with Crippen molar-refractivity contribution >= 4 is 11.4 Å². The molecule has 0 aliphatic carbocycles. The molecule has 8 heteroatoms. The Morgan fingerprint density at radius 3 is 1.84 bits per heavy atom. The fourth-order valence-electron chi connectivity index (χ4n) is 3.82. The highest BCUT2D eigenvalue weighted by Crippen LogP contribution is 2.23. The van der Waals surface area contributed by atoms with Crippen molar-refractivity contribution in [1.82, 2.24) is 14.3 Å². The highest BCUT2D eigenvalue weighted by Gasteiger charge is 2.19. The summed E-state index contributed by atoms with van der Waals surface area (Å²) in [4.78, 5) is 17.4. The minimum atomic E-state index is -0.653. The third kappa shape index (κ3) is 4.29. The van der Waals surface area contributed by atoms with Gasteiger partial charge in [0.25, 0.3) is 0 Å². The topological polar surface area (TPSA) is 75.8 Å². The van der Waals surface area contributed by atoms with E-state index in [1.54, 1.807) is 21.0 Å². The lowest BCUT2D eigenvalue weighted by atomic mass is 10.2. The maximum absolute atomic E-state index is 12.6. The summed E-state index contributed by atoms with van der Waals surface area (Å²) >= 11 is 0. The minimum Gasteiger partial charge on any atom is -0.497 e. The summed E-state index contributed by atoms with van der Waals surface area (Å²) in [6.45, 7) is 7.16. The molecule has 2 aromatic carbocycles. The molecular formula is C23H29N5O3. The molecule has 31 heavy (non-hydrogen) atoms. The Balaban J connectivity index is 1.42. The van der Waals surface area contributed by atoms with E-state index in [1.165, 1.54) is 21.3 Å². The van der Waals surface area contributed by atoms with Gasteiger partial charge >= 0.3 is 5.69 Å². The Kier molecular flexibility index (Phi) is 5.99. The molecule has 0 spiro atoms. The van der Waals surface area contributed by atoms with Crippen molar-refractivity contribution in [2.75, 3.05) is 43.1 Å². The van der Waals surface area contributed by atoms with Gasteiger partial charge in [0.05, 0.1) is 24.9 Å². The number of anilines is 2. The van der Waals surface area contributed by atoms with Crippen molar-refractivity contribution in [2.24, 2.45) is 0 Å². The van der Waals surface area contributed by atoms with E-state index in [-0.39, 0.29) is 11.7 Å². The molecule has 1 aromatic heterocycles. The lowest BCUT2D eigenvalue weighted by Gasteiger charge is -2.37. The monoisotopic (exact) mass is 423 g/mol. The molecule has 0 unspecified atom stereocenters. The third-order valence-corrected chi connectivity index (χ3v) is 5.99. The van der Waals surface area contributed by atoms with Gasteiger partial charge in [0.2, 0.25) is 0 Å². The maximum atomic E-state index is 12.6. The molecule has 2 atom stereocenters. The molecule has 1 saturated heterocycles. The summed E-state index contributed by atoms with van der Waals surface area (Å²) in [6, 6.07) is 15.8. The van der Waals surface area contributed by atoms with Crippen molar-refractivity contribution in [3.8, 4) is 11.4 Å². The van der Waals surface area contributed by atoms with E-state index in [4.69, 9.17) is 4.74 Å². The number of aromatic nitrogens is 3. The molecule has 3 aromatic rings. The van der Waals surface area contributed by atoms with Gasteiger partial charge in [0.15, 0.2) is 0 Å². The van der Waals surface area contributed by atoms with Crippen LogP contribution in [0, 0.1) is 0 Å². The average Bonchev–Trinajstić information content (AvgIpc) is 3.20. The van der Waals surface area contributed by atoms with Gasteiger partial charge in [0, 0.05) is 37.6 Å². The molecule has 0 radical (unpaired) electrons. The zero-order valence-electron chi connectivity index (χ0n) is 18.2. The van der Waals surface area contributed by atoms with Crippen LogP contribution < -0.4 is 20.2 Å². The van der Waals surface area contributed by atoms with Gasteiger partial charge in [0.1, 0.15) is 12.1 Å². The molecule has 1 fully saturated rings. The number of hydrogen-bond acceptors (Lipinski definition) is 6. The number of benzene rings is 2. The smallest absolute Gasteiger partial charge is 0.350 e. The minimum absolute atomic E-state index is 0.255. The standard InChI is InChI=1S/C23H29N5O3/c1-17(18(2)29)28-23(30)27(16-24-28)21-6-4-19(5-7-21)25-12-14-26(15-13-25)20-8-10-22(31-3)11-9-20/h4-11,16-18,29H,12-15H2,1-3H3/t17-,18-/m0/s1. The van der Waals surface area contributed by atoms with Crippen LogP contribution >= 0.6 is 0 Å². The van der Waals surface area contributed by atoms with Gasteiger partial charge in [-0.15, -0.1) is 0 Å². The van der Waals surface area contributed by atoms with Crippen LogP contribution in [0.15, 0.2) is 59.7 Å². The molecule has 164 valence electrons. The molecule has 4 rings (SSSR count). The summed E-state index contributed by atoms with van der Waals surface area (Å²) in [6.07, 6.45) is 0.851. The van der Waals surface area contributed by atoms with Crippen LogP contribution in [0.4, 0.5) is 11.4 Å². The molecule has 8 nitrogen and oxygen atoms in total. The Morgan fingerprint density at radius 2 is 1.35 bits per heavy atom. The van der Waals surface area contributed by atoms with Crippen molar-refractivity contribution in [3.63, 3.8) is 0 Å². The van der Waals surface area contributed by atoms with E-state index in [0.717, 1.165) is 43.3 Å². The summed E-state index contributed by atoms with van der Waals surface area (Å²) in [5, 5.41) is 13.9. The van der Waals surface area contributed by atoms with Crippen molar-refractivity contribution in [3.05, 3.63) is 65.3 Å². The average molecular weight is 424 g/mol. The van der Waals surface area contributed by atoms with E-state index in [1.807, 2.05) is 36.4 Å². The number of hydrogen-bond donors (Lipinski definition) is 1. The molecule has 1 N–H and O–H groups in total. The normalized spacial score (nSPS) is 16.3. The fraction of sp³-hybridized carbons (Fsp3) is 0.391.